The van der Waals surface area contributed by atoms with E-state index in [1.807, 2.05) is 43.0 Å². The van der Waals surface area contributed by atoms with Crippen LogP contribution in [0.5, 0.6) is 0 Å². The summed E-state index contributed by atoms with van der Waals surface area (Å²) in [4.78, 5) is 6.95. The topological polar surface area (TPSA) is 94.5 Å². The van der Waals surface area contributed by atoms with Gasteiger partial charge in [0.1, 0.15) is 17.7 Å². The van der Waals surface area contributed by atoms with Gasteiger partial charge in [0.05, 0.1) is 30.3 Å². The number of hydrogen-bond donors (Lipinski definition) is 3. The maximum absolute atomic E-state index is 7.71. The van der Waals surface area contributed by atoms with E-state index in [9.17, 15) is 0 Å². The van der Waals surface area contributed by atoms with Crippen LogP contribution in [0.4, 0.5) is 5.82 Å². The number of rotatable bonds is 5. The number of nitrogens with zero attached hydrogens (tertiary/aromatic N) is 3. The first-order chi connectivity index (χ1) is 14.2. The summed E-state index contributed by atoms with van der Waals surface area (Å²) in [6.07, 6.45) is 7.49. The van der Waals surface area contributed by atoms with E-state index in [0.717, 1.165) is 71.7 Å². The number of H-pyrrole nitrogens is 1. The van der Waals surface area contributed by atoms with Gasteiger partial charge in [-0.25, -0.2) is 4.98 Å². The first-order valence-corrected chi connectivity index (χ1v) is 10.1. The molecule has 0 bridgehead atoms. The molecule has 7 heteroatoms. The zero-order valence-corrected chi connectivity index (χ0v) is 16.5. The fourth-order valence-electron chi connectivity index (χ4n) is 4.04. The van der Waals surface area contributed by atoms with Crippen LogP contribution in [0.2, 0.25) is 0 Å². The third-order valence-corrected chi connectivity index (χ3v) is 5.80. The van der Waals surface area contributed by atoms with Crippen molar-refractivity contribution in [3.8, 4) is 11.3 Å². The maximum Gasteiger partial charge on any atom is 0.129 e. The summed E-state index contributed by atoms with van der Waals surface area (Å²) in [6, 6.07) is 10.3. The highest BCUT2D eigenvalue weighted by molar-refractivity contribution is 6.09. The van der Waals surface area contributed by atoms with Gasteiger partial charge in [-0.1, -0.05) is 6.07 Å². The molecule has 0 amide bonds. The van der Waals surface area contributed by atoms with Crippen molar-refractivity contribution in [1.82, 2.24) is 15.2 Å². The van der Waals surface area contributed by atoms with Crippen LogP contribution in [0.15, 0.2) is 42.7 Å². The highest BCUT2D eigenvalue weighted by Crippen LogP contribution is 2.43. The third kappa shape index (κ3) is 3.32. The number of aromatic amines is 1. The number of ether oxygens (including phenoxy) is 1. The number of quaternary nitrogens is 1. The second kappa shape index (κ2) is 7.09. The molecule has 5 rings (SSSR count). The summed E-state index contributed by atoms with van der Waals surface area (Å²) in [7, 11) is 1.96. The molecule has 3 heterocycles. The van der Waals surface area contributed by atoms with Gasteiger partial charge in [-0.15, -0.1) is 0 Å². The van der Waals surface area contributed by atoms with Gasteiger partial charge in [-0.05, 0) is 42.7 Å². The zero-order chi connectivity index (χ0) is 19.8. The van der Waals surface area contributed by atoms with Crippen molar-refractivity contribution >= 4 is 28.5 Å². The Balaban J connectivity index is 1.52. The second-order valence-corrected chi connectivity index (χ2v) is 7.79. The minimum absolute atomic E-state index is 0.0651. The van der Waals surface area contributed by atoms with Crippen molar-refractivity contribution in [3.63, 3.8) is 0 Å². The molecule has 0 radical (unpaired) electrons. The van der Waals surface area contributed by atoms with Crippen LogP contribution in [0.25, 0.3) is 27.7 Å². The van der Waals surface area contributed by atoms with Gasteiger partial charge >= 0.3 is 0 Å². The number of morpholine rings is 1. The Kier molecular flexibility index (Phi) is 4.41. The number of aromatic nitrogens is 3. The molecule has 1 saturated heterocycles. The average molecular weight is 389 g/mol. The first-order valence-electron chi connectivity index (χ1n) is 10.1. The quantitative estimate of drug-likeness (QED) is 0.583. The van der Waals surface area contributed by atoms with E-state index in [4.69, 9.17) is 10.1 Å². The number of pyridine rings is 1. The zero-order valence-electron chi connectivity index (χ0n) is 16.5. The van der Waals surface area contributed by atoms with Crippen LogP contribution in [0, 0.1) is 5.41 Å². The number of anilines is 1. The molecule has 4 N–H and O–H groups in total. The molecule has 2 fully saturated rings. The monoisotopic (exact) mass is 389 g/mol. The third-order valence-electron chi connectivity index (χ3n) is 5.80. The molecule has 29 heavy (non-hydrogen) atoms. The summed E-state index contributed by atoms with van der Waals surface area (Å²) >= 11 is 0. The summed E-state index contributed by atoms with van der Waals surface area (Å²) in [5.41, 5.74) is 4.87. The van der Waals surface area contributed by atoms with E-state index < -0.39 is 0 Å². The maximum atomic E-state index is 7.71. The largest absolute Gasteiger partial charge is 0.371 e. The first kappa shape index (κ1) is 18.0. The van der Waals surface area contributed by atoms with E-state index in [1.54, 1.807) is 0 Å². The van der Waals surface area contributed by atoms with Crippen molar-refractivity contribution < 1.29 is 10.1 Å². The smallest absolute Gasteiger partial charge is 0.129 e. The number of nitrogens with one attached hydrogen (secondary N) is 2. The Bertz CT molecular complexity index is 1100. The van der Waals surface area contributed by atoms with Crippen LogP contribution >= 0.6 is 0 Å². The lowest BCUT2D eigenvalue weighted by atomic mass is 10.0. The van der Waals surface area contributed by atoms with Crippen molar-refractivity contribution in [2.45, 2.75) is 18.4 Å². The normalized spacial score (nSPS) is 18.4. The lowest BCUT2D eigenvalue weighted by Crippen LogP contribution is -2.72. The molecule has 1 aliphatic heterocycles. The number of benzene rings is 1. The molecule has 148 valence electrons. The Hall–Kier alpha value is -3.03. The molecule has 1 spiro atoms. The molecule has 2 aliphatic rings. The van der Waals surface area contributed by atoms with Crippen LogP contribution in [0.1, 0.15) is 18.4 Å². The van der Waals surface area contributed by atoms with Crippen molar-refractivity contribution in [1.29, 1.82) is 5.41 Å². The van der Waals surface area contributed by atoms with Crippen LogP contribution in [-0.2, 0) is 4.74 Å². The molecule has 7 nitrogen and oxygen atoms in total. The fourth-order valence-corrected chi connectivity index (χ4v) is 4.04. The summed E-state index contributed by atoms with van der Waals surface area (Å²) in [6.45, 7) is 2.54. The Morgan fingerprint density at radius 3 is 3.00 bits per heavy atom. The molecule has 0 atom stereocenters. The van der Waals surface area contributed by atoms with Gasteiger partial charge in [0.25, 0.3) is 0 Å². The van der Waals surface area contributed by atoms with Gasteiger partial charge in [-0.2, -0.15) is 5.10 Å². The summed E-state index contributed by atoms with van der Waals surface area (Å²) in [5.74, 6) is 0.977. The second-order valence-electron chi connectivity index (χ2n) is 7.79. The standard InChI is InChI=1S/C22H24N6O/c1-24-13-17(12-23)15-2-3-19-18(10-15)21(27-26-19)16-4-7-25-20(11-16)28-8-9-29-22(14-28)5-6-22/h2-4,7,10-13,23-24H,5-6,8-9,14H2,1H3,(H,26,27)/p+1/b17-13+,23-12?. The number of allylic oxidation sites excluding steroid dienone is 1. The number of nitrogens with two attached hydrogens (primary N) is 1. The molecule has 2 aromatic heterocycles. The minimum Gasteiger partial charge on any atom is -0.371 e. The van der Waals surface area contributed by atoms with E-state index in [-0.39, 0.29) is 5.60 Å². The SMILES string of the molecule is C[NH2+]/C=C(\C=N)c1ccc2[nH]nc(-c3ccnc(N4CCOC5(CC5)C4)c3)c2c1. The Morgan fingerprint density at radius 2 is 2.21 bits per heavy atom. The van der Waals surface area contributed by atoms with E-state index >= 15 is 0 Å². The molecule has 1 saturated carbocycles. The van der Waals surface area contributed by atoms with Crippen molar-refractivity contribution in [3.05, 3.63) is 48.3 Å². The van der Waals surface area contributed by atoms with Crippen LogP contribution < -0.4 is 10.2 Å². The predicted octanol–water partition coefficient (Wildman–Crippen LogP) is 2.18. The minimum atomic E-state index is 0.0651. The Labute approximate surface area is 169 Å². The fraction of sp³-hybridized carbons (Fsp3) is 0.318. The summed E-state index contributed by atoms with van der Waals surface area (Å²) in [5, 5.41) is 18.4. The molecule has 1 aromatic carbocycles. The lowest BCUT2D eigenvalue weighted by Gasteiger charge is -2.34. The lowest BCUT2D eigenvalue weighted by molar-refractivity contribution is -0.555. The highest BCUT2D eigenvalue weighted by Gasteiger charge is 2.47. The van der Waals surface area contributed by atoms with Crippen molar-refractivity contribution in [2.75, 3.05) is 31.6 Å². The Morgan fingerprint density at radius 1 is 1.31 bits per heavy atom. The van der Waals surface area contributed by atoms with E-state index in [0.29, 0.717) is 0 Å². The van der Waals surface area contributed by atoms with Crippen LogP contribution in [0.3, 0.4) is 0 Å². The van der Waals surface area contributed by atoms with E-state index in [1.165, 1.54) is 6.21 Å². The van der Waals surface area contributed by atoms with Gasteiger partial charge in [0.15, 0.2) is 0 Å². The number of hydrogen-bond acceptors (Lipinski definition) is 5. The van der Waals surface area contributed by atoms with Gasteiger partial charge in [0, 0.05) is 36.5 Å². The van der Waals surface area contributed by atoms with E-state index in [2.05, 4.69) is 32.2 Å². The molecular weight excluding hydrogens is 364 g/mol. The average Bonchev–Trinajstić information content (AvgIpc) is 3.36. The highest BCUT2D eigenvalue weighted by atomic mass is 16.5. The molecule has 1 aliphatic carbocycles. The van der Waals surface area contributed by atoms with Crippen LogP contribution in [-0.4, -0.2) is 53.7 Å². The van der Waals surface area contributed by atoms with Crippen molar-refractivity contribution in [2.24, 2.45) is 0 Å². The van der Waals surface area contributed by atoms with Gasteiger partial charge in [0.2, 0.25) is 0 Å². The van der Waals surface area contributed by atoms with Gasteiger partial charge < -0.3 is 20.4 Å². The predicted molar refractivity (Wildman–Crippen MR) is 114 cm³/mol. The molecule has 0 unspecified atom stereocenters. The molecular formula is C22H25N6O+. The molecule has 3 aromatic rings. The summed E-state index contributed by atoms with van der Waals surface area (Å²) < 4.78 is 5.94. The number of fused-ring (bicyclic) bond motifs is 1. The van der Waals surface area contributed by atoms with Gasteiger partial charge in [-0.3, -0.25) is 5.10 Å².